The molecule has 6 nitrogen and oxygen atoms in total. The summed E-state index contributed by atoms with van der Waals surface area (Å²) in [6.07, 6.45) is 1.28. The van der Waals surface area contributed by atoms with Gasteiger partial charge in [0.25, 0.3) is 5.91 Å². The Morgan fingerprint density at radius 1 is 1.08 bits per heavy atom. The van der Waals surface area contributed by atoms with Crippen molar-refractivity contribution in [3.63, 3.8) is 0 Å². The van der Waals surface area contributed by atoms with Crippen molar-refractivity contribution in [3.8, 4) is 5.75 Å². The maximum absolute atomic E-state index is 12.7. The zero-order chi connectivity index (χ0) is 17.1. The van der Waals surface area contributed by atoms with Gasteiger partial charge in [0.2, 0.25) is 5.91 Å². The monoisotopic (exact) mass is 339 g/mol. The van der Waals surface area contributed by atoms with E-state index in [9.17, 15) is 14.7 Å². The van der Waals surface area contributed by atoms with E-state index in [0.29, 0.717) is 11.4 Å². The fourth-order valence-corrected chi connectivity index (χ4v) is 2.54. The van der Waals surface area contributed by atoms with Crippen molar-refractivity contribution >= 4 is 46.7 Å². The SMILES string of the molecule is O=C1NC(=S)N(c2ccccc2)C(=O)C1C=Nc1ccc(O)cc1. The fourth-order valence-electron chi connectivity index (χ4n) is 2.24. The molecule has 0 spiro atoms. The van der Waals surface area contributed by atoms with Crippen LogP contribution in [0.5, 0.6) is 5.75 Å². The average molecular weight is 339 g/mol. The normalized spacial score (nSPS) is 18.1. The van der Waals surface area contributed by atoms with Gasteiger partial charge in [-0.3, -0.25) is 19.5 Å². The first-order chi connectivity index (χ1) is 11.6. The number of phenolic OH excluding ortho intramolecular Hbond substituents is 1. The van der Waals surface area contributed by atoms with Crippen LogP contribution >= 0.6 is 12.2 Å². The van der Waals surface area contributed by atoms with Crippen LogP contribution in [0.2, 0.25) is 0 Å². The highest BCUT2D eigenvalue weighted by Crippen LogP contribution is 2.21. The van der Waals surface area contributed by atoms with Crippen LogP contribution in [0.1, 0.15) is 0 Å². The minimum Gasteiger partial charge on any atom is -0.508 e. The maximum atomic E-state index is 12.7. The van der Waals surface area contributed by atoms with E-state index in [-0.39, 0.29) is 10.9 Å². The van der Waals surface area contributed by atoms with E-state index in [4.69, 9.17) is 12.2 Å². The van der Waals surface area contributed by atoms with Gasteiger partial charge in [-0.15, -0.1) is 0 Å². The van der Waals surface area contributed by atoms with E-state index in [0.717, 1.165) is 0 Å². The lowest BCUT2D eigenvalue weighted by Gasteiger charge is -2.30. The number of nitrogens with zero attached hydrogens (tertiary/aromatic N) is 2. The number of phenols is 1. The molecule has 120 valence electrons. The van der Waals surface area contributed by atoms with Gasteiger partial charge in [-0.2, -0.15) is 0 Å². The van der Waals surface area contributed by atoms with Gasteiger partial charge >= 0.3 is 0 Å². The van der Waals surface area contributed by atoms with Crippen LogP contribution < -0.4 is 10.2 Å². The quantitative estimate of drug-likeness (QED) is 0.510. The summed E-state index contributed by atoms with van der Waals surface area (Å²) >= 11 is 5.11. The minimum absolute atomic E-state index is 0.0467. The first kappa shape index (κ1) is 15.8. The summed E-state index contributed by atoms with van der Waals surface area (Å²) in [5.74, 6) is -1.94. The van der Waals surface area contributed by atoms with Crippen molar-refractivity contribution in [2.75, 3.05) is 4.90 Å². The molecule has 3 rings (SSSR count). The predicted molar refractivity (Wildman–Crippen MR) is 94.4 cm³/mol. The molecular formula is C17H13N3O3S. The van der Waals surface area contributed by atoms with Gasteiger partial charge < -0.3 is 10.4 Å². The third kappa shape index (κ3) is 3.16. The number of anilines is 1. The topological polar surface area (TPSA) is 82.0 Å². The molecule has 1 saturated heterocycles. The molecule has 0 radical (unpaired) electrons. The number of hydrogen-bond donors (Lipinski definition) is 2. The summed E-state index contributed by atoms with van der Waals surface area (Å²) in [7, 11) is 0. The van der Waals surface area contributed by atoms with Crippen LogP contribution in [0, 0.1) is 5.92 Å². The Kier molecular flexibility index (Phi) is 4.35. The Morgan fingerprint density at radius 3 is 2.42 bits per heavy atom. The first-order valence-electron chi connectivity index (χ1n) is 7.13. The largest absolute Gasteiger partial charge is 0.508 e. The molecule has 2 aromatic rings. The fraction of sp³-hybridized carbons (Fsp3) is 0.0588. The number of carbonyl (C=O) groups is 2. The van der Waals surface area contributed by atoms with E-state index in [1.54, 1.807) is 36.4 Å². The van der Waals surface area contributed by atoms with Crippen molar-refractivity contribution < 1.29 is 14.7 Å². The summed E-state index contributed by atoms with van der Waals surface area (Å²) in [6.45, 7) is 0. The Labute approximate surface area is 143 Å². The summed E-state index contributed by atoms with van der Waals surface area (Å²) in [5, 5.41) is 11.8. The molecule has 0 aliphatic carbocycles. The maximum Gasteiger partial charge on any atom is 0.251 e. The number of amides is 2. The van der Waals surface area contributed by atoms with Gasteiger partial charge in [0, 0.05) is 6.21 Å². The summed E-state index contributed by atoms with van der Waals surface area (Å²) < 4.78 is 0. The molecule has 1 atom stereocenters. The van der Waals surface area contributed by atoms with Gasteiger partial charge in [-0.25, -0.2) is 0 Å². The van der Waals surface area contributed by atoms with E-state index in [2.05, 4.69) is 10.3 Å². The van der Waals surface area contributed by atoms with Gasteiger partial charge in [-0.1, -0.05) is 18.2 Å². The third-order valence-electron chi connectivity index (χ3n) is 3.44. The van der Waals surface area contributed by atoms with E-state index in [1.807, 2.05) is 6.07 Å². The molecule has 24 heavy (non-hydrogen) atoms. The molecule has 0 saturated carbocycles. The second kappa shape index (κ2) is 6.59. The Bertz CT molecular complexity index is 819. The molecule has 1 aliphatic heterocycles. The number of para-hydroxylation sites is 1. The molecule has 0 bridgehead atoms. The number of benzene rings is 2. The molecule has 7 heteroatoms. The standard InChI is InChI=1S/C17H13N3O3S/c21-13-8-6-11(7-9-13)18-10-14-15(22)19-17(24)20(16(14)23)12-4-2-1-3-5-12/h1-10,14,21H,(H,19,22,24). The smallest absolute Gasteiger partial charge is 0.251 e. The van der Waals surface area contributed by atoms with Crippen LogP contribution in [0.25, 0.3) is 0 Å². The summed E-state index contributed by atoms with van der Waals surface area (Å²) in [4.78, 5) is 30.2. The lowest BCUT2D eigenvalue weighted by molar-refractivity contribution is -0.130. The molecule has 1 fully saturated rings. The molecule has 2 N–H and O–H groups in total. The van der Waals surface area contributed by atoms with E-state index >= 15 is 0 Å². The predicted octanol–water partition coefficient (Wildman–Crippen LogP) is 2.16. The number of aromatic hydroxyl groups is 1. The summed E-state index contributed by atoms with van der Waals surface area (Å²) in [5.41, 5.74) is 1.10. The lowest BCUT2D eigenvalue weighted by atomic mass is 10.1. The van der Waals surface area contributed by atoms with Gasteiger partial charge in [0.1, 0.15) is 5.75 Å². The average Bonchev–Trinajstić information content (AvgIpc) is 2.57. The lowest BCUT2D eigenvalue weighted by Crippen LogP contribution is -2.58. The number of nitrogens with one attached hydrogen (secondary N) is 1. The Morgan fingerprint density at radius 2 is 1.75 bits per heavy atom. The van der Waals surface area contributed by atoms with Crippen molar-refractivity contribution in [2.24, 2.45) is 10.9 Å². The molecule has 2 amide bonds. The van der Waals surface area contributed by atoms with E-state index < -0.39 is 17.7 Å². The number of carbonyl (C=O) groups excluding carboxylic acids is 2. The van der Waals surface area contributed by atoms with Crippen molar-refractivity contribution in [1.29, 1.82) is 0 Å². The van der Waals surface area contributed by atoms with Crippen LogP contribution in [0.3, 0.4) is 0 Å². The summed E-state index contributed by atoms with van der Waals surface area (Å²) in [6, 6.07) is 15.0. The van der Waals surface area contributed by atoms with Crippen LogP contribution in [0.4, 0.5) is 11.4 Å². The third-order valence-corrected chi connectivity index (χ3v) is 3.72. The second-order valence-electron chi connectivity index (χ2n) is 5.08. The number of rotatable bonds is 3. The molecule has 1 heterocycles. The highest BCUT2D eigenvalue weighted by atomic mass is 32.1. The van der Waals surface area contributed by atoms with Gasteiger partial charge in [-0.05, 0) is 48.6 Å². The highest BCUT2D eigenvalue weighted by molar-refractivity contribution is 7.80. The van der Waals surface area contributed by atoms with Gasteiger partial charge in [0.15, 0.2) is 11.0 Å². The first-order valence-corrected chi connectivity index (χ1v) is 7.54. The van der Waals surface area contributed by atoms with Gasteiger partial charge in [0.05, 0.1) is 11.4 Å². The number of aliphatic imine (C=N–C) groups is 1. The second-order valence-corrected chi connectivity index (χ2v) is 5.46. The van der Waals surface area contributed by atoms with E-state index in [1.165, 1.54) is 23.2 Å². The van der Waals surface area contributed by atoms with Crippen molar-refractivity contribution in [2.45, 2.75) is 0 Å². The Balaban J connectivity index is 1.87. The number of hydrogen-bond acceptors (Lipinski definition) is 5. The minimum atomic E-state index is -1.08. The van der Waals surface area contributed by atoms with Crippen molar-refractivity contribution in [3.05, 3.63) is 54.6 Å². The zero-order valence-corrected chi connectivity index (χ0v) is 13.2. The Hall–Kier alpha value is -3.06. The number of thiocarbonyl (C=S) groups is 1. The molecule has 2 aromatic carbocycles. The molecular weight excluding hydrogens is 326 g/mol. The van der Waals surface area contributed by atoms with Crippen LogP contribution in [-0.4, -0.2) is 28.2 Å². The van der Waals surface area contributed by atoms with Crippen LogP contribution in [0.15, 0.2) is 59.6 Å². The molecule has 1 unspecified atom stereocenters. The molecule has 1 aliphatic rings. The zero-order valence-electron chi connectivity index (χ0n) is 12.4. The van der Waals surface area contributed by atoms with Crippen LogP contribution in [-0.2, 0) is 9.59 Å². The highest BCUT2D eigenvalue weighted by Gasteiger charge is 2.38. The molecule has 0 aromatic heterocycles. The van der Waals surface area contributed by atoms with Crippen molar-refractivity contribution in [1.82, 2.24) is 5.32 Å².